The van der Waals surface area contributed by atoms with Crippen molar-refractivity contribution >= 4 is 156 Å². The number of rotatable bonds is 15. The number of hydrogen-bond acceptors (Lipinski definition) is 27. The fourth-order valence-corrected chi connectivity index (χ4v) is 21.4. The first-order valence-electron chi connectivity index (χ1n) is 43.3. The van der Waals surface area contributed by atoms with Crippen LogP contribution in [-0.4, -0.2) is 141 Å². The number of aryl methyl sites for hydroxylation is 6. The van der Waals surface area contributed by atoms with Gasteiger partial charge >= 0.3 is 150 Å². The maximum atomic E-state index is 12.0. The molecule has 4 aromatic carbocycles. The molecule has 0 saturated heterocycles. The Hall–Kier alpha value is -9.61. The predicted octanol–water partition coefficient (Wildman–Crippen LogP) is 16.7. The number of fused-ring (bicyclic) bond motifs is 12. The van der Waals surface area contributed by atoms with Gasteiger partial charge in [0.25, 0.3) is 6.47 Å². The molecule has 19 rings (SSSR count). The van der Waals surface area contributed by atoms with Crippen LogP contribution in [0.3, 0.4) is 0 Å². The normalized spacial score (nSPS) is 13.9. The van der Waals surface area contributed by atoms with Gasteiger partial charge in [0, 0.05) is 109 Å². The number of aliphatic carboxylic acids is 1. The zero-order chi connectivity index (χ0) is 100. The smallest absolute Gasteiger partial charge is 1.00 e. The van der Waals surface area contributed by atoms with Crippen LogP contribution in [0.25, 0.3) is 20.0 Å². The van der Waals surface area contributed by atoms with Crippen LogP contribution in [0.2, 0.25) is 20.1 Å². The topological polar surface area (TPSA) is 447 Å². The number of nitrogens with zero attached hydrogens (tertiary/aromatic N) is 25. The van der Waals surface area contributed by atoms with Crippen LogP contribution in [-0.2, 0) is 37.1 Å². The Labute approximate surface area is 1010 Å². The number of H-pyrrole nitrogens is 1. The second-order valence-electron chi connectivity index (χ2n) is 32.8. The summed E-state index contributed by atoms with van der Waals surface area (Å²) in [7, 11) is 0. The predicted molar refractivity (Wildman–Crippen MR) is 566 cm³/mol. The molecular formula is C99H101Cl4Cs2IN28O7S4. The summed E-state index contributed by atoms with van der Waals surface area (Å²) >= 11 is 33.5. The molecule has 0 saturated carbocycles. The number of carboxylic acid groups (broad SMARTS) is 1. The number of carboxylic acids is 1. The summed E-state index contributed by atoms with van der Waals surface area (Å²) in [5.41, 5.74) is 30.3. The molecule has 0 aliphatic carbocycles. The molecule has 4 aliphatic rings. The van der Waals surface area contributed by atoms with E-state index in [4.69, 9.17) is 97.3 Å². The second-order valence-corrected chi connectivity index (χ2v) is 40.3. The number of carbonyl (C=O) groups excluding carboxylic acids is 2. The number of nitrogens with one attached hydrogen (secondary N) is 3. The third-order valence-electron chi connectivity index (χ3n) is 21.7. The molecule has 11 aromatic heterocycles. The number of benzene rings is 4. The van der Waals surface area contributed by atoms with Crippen molar-refractivity contribution in [2.75, 3.05) is 0 Å². The summed E-state index contributed by atoms with van der Waals surface area (Å²) in [5, 5.41) is 84.7. The fraction of sp³-hybridized carbons (Fsp3) is 0.293. The Kier molecular flexibility index (Phi) is 44.3. The van der Waals surface area contributed by atoms with E-state index < -0.39 is 11.6 Å². The molecule has 0 unspecified atom stereocenters. The number of carbonyl (C=O) groups is 3. The molecule has 0 spiro atoms. The van der Waals surface area contributed by atoms with E-state index in [0.29, 0.717) is 47.4 Å². The zero-order valence-corrected chi connectivity index (χ0v) is 101. The number of aromatic amines is 1. The van der Waals surface area contributed by atoms with E-state index in [9.17, 15) is 9.59 Å². The van der Waals surface area contributed by atoms with E-state index in [1.165, 1.54) is 14.0 Å². The maximum Gasteiger partial charge on any atom is 1.00 e. The van der Waals surface area contributed by atoms with Gasteiger partial charge in [-0.15, -0.1) is 86.1 Å². The first-order valence-corrected chi connectivity index (χ1v) is 49.1. The quantitative estimate of drug-likeness (QED) is 0.0141. The van der Waals surface area contributed by atoms with Gasteiger partial charge in [-0.3, -0.25) is 67.1 Å². The van der Waals surface area contributed by atoms with Crippen molar-refractivity contribution < 1.29 is 174 Å². The van der Waals surface area contributed by atoms with Gasteiger partial charge in [-0.2, -0.15) is 26.4 Å². The maximum absolute atomic E-state index is 12.0. The van der Waals surface area contributed by atoms with Crippen LogP contribution in [0.1, 0.15) is 267 Å². The van der Waals surface area contributed by atoms with E-state index in [1.54, 1.807) is 74.8 Å². The van der Waals surface area contributed by atoms with Crippen LogP contribution < -0.4 is 143 Å². The molecule has 4 aliphatic heterocycles. The summed E-state index contributed by atoms with van der Waals surface area (Å²) in [6, 6.07) is 30.6. The molecule has 0 bridgehead atoms. The van der Waals surface area contributed by atoms with Crippen molar-refractivity contribution in [2.45, 2.75) is 195 Å². The first-order chi connectivity index (χ1) is 67.1. The monoisotopic (exact) mass is 2450 g/mol. The van der Waals surface area contributed by atoms with E-state index in [1.807, 2.05) is 183 Å². The minimum absolute atomic E-state index is 0. The average molecular weight is 2460 g/mol. The van der Waals surface area contributed by atoms with Crippen LogP contribution in [0.4, 0.5) is 0 Å². The van der Waals surface area contributed by atoms with Crippen LogP contribution in [0.5, 0.6) is 0 Å². The van der Waals surface area contributed by atoms with Crippen LogP contribution in [0.15, 0.2) is 175 Å². The molecule has 4 N–H and O–H groups in total. The summed E-state index contributed by atoms with van der Waals surface area (Å²) in [4.78, 5) is 57.0. The Morgan fingerprint density at radius 1 is 0.483 bits per heavy atom. The Bertz CT molecular complexity index is 7550. The van der Waals surface area contributed by atoms with Gasteiger partial charge in [0.2, 0.25) is 0 Å². The molecule has 0 fully saturated rings. The molecule has 15 aromatic rings. The molecule has 4 atom stereocenters. The van der Waals surface area contributed by atoms with Gasteiger partial charge in [0.05, 0.1) is 75.6 Å². The van der Waals surface area contributed by atoms with E-state index >= 15 is 0 Å². The third kappa shape index (κ3) is 28.5. The number of hydrogen-bond donors (Lipinski definition) is 4. The molecule has 0 amide bonds. The van der Waals surface area contributed by atoms with E-state index in [0.717, 1.165) is 181 Å². The SMILES string of the molecule is C.C.C.Cc1c(C#Cc2cn[nH]c2)sc2c1C(c1ccc(Cl)cc1)=N[C@@H](C)c1nnc(C)n1-2.Cc1c(C#Cc2cnn(CCCC(=O)O)c2)sc2c1C(c1ccc(Cl)cc1)=N[C@@H](C)c1nnc(C)n1-2.Cc1c(C#Cc2cnn(CCCC(=O)OC(C)(C)C)c2)sc2c1C(c1ccc(Cl)cc1)=N[C@@H](C)c1nnc(C)n1-2.Cc1c(I)sc2c1C(c1ccc(Cl)cc1)=N[C@@H](C)c1nnc(C)n1-2.N=N/N=N/N=N.O=CO[O-].[Cs+].[Cs+].[H-]. The van der Waals surface area contributed by atoms with Crippen molar-refractivity contribution in [2.24, 2.45) is 40.9 Å². The molecule has 46 heteroatoms. The molecule has 15 heterocycles. The Morgan fingerprint density at radius 2 is 0.779 bits per heavy atom. The summed E-state index contributed by atoms with van der Waals surface area (Å²) in [6.07, 6.45) is 12.3. The minimum Gasteiger partial charge on any atom is -1.00 e. The van der Waals surface area contributed by atoms with Crippen LogP contribution in [0, 0.1) is 105 Å². The molecule has 0 radical (unpaired) electrons. The number of thiophene rings is 4. The largest absolute Gasteiger partial charge is 1.00 e. The number of aliphatic imine (C=N–C) groups is 4. The van der Waals surface area contributed by atoms with Gasteiger partial charge in [0.15, 0.2) is 23.3 Å². The average Bonchev–Trinajstić information content (AvgIpc) is 1.62. The molecule has 145 heavy (non-hydrogen) atoms. The van der Waals surface area contributed by atoms with Crippen molar-refractivity contribution in [3.63, 3.8) is 0 Å². The zero-order valence-electron chi connectivity index (χ0n) is 80.9. The summed E-state index contributed by atoms with van der Waals surface area (Å²) in [5.74, 6) is 25.3. The van der Waals surface area contributed by atoms with Gasteiger partial charge in [0.1, 0.15) is 73.1 Å². The summed E-state index contributed by atoms with van der Waals surface area (Å²) in [6.45, 7) is 31.0. The minimum atomic E-state index is -0.808. The number of aromatic nitrogens is 18. The Morgan fingerprint density at radius 3 is 1.06 bits per heavy atom. The van der Waals surface area contributed by atoms with E-state index in [-0.39, 0.29) is 205 Å². The molecule has 35 nitrogen and oxygen atoms in total. The number of esters is 1. The summed E-state index contributed by atoms with van der Waals surface area (Å²) < 4.78 is 18.6. The molecular weight excluding hydrogens is 2360 g/mol. The van der Waals surface area contributed by atoms with E-state index in [2.05, 4.69) is 198 Å². The fourth-order valence-electron chi connectivity index (χ4n) is 15.3. The van der Waals surface area contributed by atoms with Gasteiger partial charge < -0.3 is 21.4 Å². The van der Waals surface area contributed by atoms with Crippen molar-refractivity contribution in [3.05, 3.63) is 302 Å². The van der Waals surface area contributed by atoms with Crippen molar-refractivity contribution in [3.8, 4) is 55.5 Å². The third-order valence-corrected chi connectivity index (χ3v) is 28.9. The first kappa shape index (κ1) is 119. The van der Waals surface area contributed by atoms with Crippen molar-refractivity contribution in [1.29, 1.82) is 11.1 Å². The number of ether oxygens (including phenoxy) is 1. The van der Waals surface area contributed by atoms with Gasteiger partial charge in [-0.1, -0.05) is 153 Å². The van der Waals surface area contributed by atoms with Crippen molar-refractivity contribution in [1.82, 2.24) is 88.8 Å². The standard InChI is InChI=1S/C30H31ClN6O2S.C26H23ClN6O2S.C22H17ClN6S.C17H14ClIN4S.CH2O3.3CH4.2Cs.H2N6.H/c1-18-24(14-9-21-16-32-36(17-21)15-7-8-25(38)39-30(4,5)6)40-29-26(18)27(22-10-12-23(31)13-11-22)33-19(2)28-35-34-20(3)37(28)29;1-15-21(11-6-18-13-28-32(14-18)12-4-5-22(34)35)36-26-23(15)24(19-7-9-20(27)10-8-19)29-16(2)25-31-30-17(3)33(25)26;1-12-18(9-4-15-10-24-25-11-15)30-22-19(12)20(16-5-7-17(23)8-6-16)26-13(2)21-28-27-14(3)29(21)22;1-8-13-14(11-4-6-12(18)7-5-11)20-9(2)16-22-21-10(3)23(16)17(13)24-15(8)19;2-1-4-3;;;;;;1-3-5-6-4-2;/h10-13,16-17,19H,7-8,15H2,1-6H3;7-10,13-14,16H,4-5,12H2,1-3H3,(H,34,35);5-8,10-11,13H,1-3H3,(H,24,25);4-7,9H,1-3H3;1,3H;3*1H4;;;1-2H;/q;;;;;;;;2*+1;;-1/p-1/b;;;;;;;;;;3-1?,4-2?,6-5+;/t19-;16-;13-;9-;;;;;;;;/m0000......../s1. The van der Waals surface area contributed by atoms with Gasteiger partial charge in [-0.05, 0) is 231 Å². The van der Waals surface area contributed by atoms with Crippen LogP contribution >= 0.6 is 114 Å². The van der Waals surface area contributed by atoms with Gasteiger partial charge in [-0.25, -0.2) is 0 Å². The second kappa shape index (κ2) is 54.0. The number of halogens is 5. The molecule has 740 valence electrons. The Balaban J connectivity index is 0.000000229.